The molecule has 6 nitrogen and oxygen atoms in total. The Labute approximate surface area is 134 Å². The zero-order valence-corrected chi connectivity index (χ0v) is 12.9. The Morgan fingerprint density at radius 1 is 1.17 bits per heavy atom. The van der Waals surface area contributed by atoms with Crippen molar-refractivity contribution in [3.8, 4) is 0 Å². The van der Waals surface area contributed by atoms with Crippen LogP contribution in [0.5, 0.6) is 0 Å². The van der Waals surface area contributed by atoms with Gasteiger partial charge in [-0.2, -0.15) is 0 Å². The van der Waals surface area contributed by atoms with Crippen molar-refractivity contribution in [2.75, 3.05) is 24.5 Å². The predicted octanol–water partition coefficient (Wildman–Crippen LogP) is 1.29. The van der Waals surface area contributed by atoms with E-state index in [1.165, 1.54) is 0 Å². The lowest BCUT2D eigenvalue weighted by molar-refractivity contribution is -0.141. The van der Waals surface area contributed by atoms with Crippen molar-refractivity contribution in [2.24, 2.45) is 5.92 Å². The van der Waals surface area contributed by atoms with Crippen LogP contribution in [0.4, 0.5) is 5.69 Å². The van der Waals surface area contributed by atoms with E-state index in [4.69, 9.17) is 5.11 Å². The Bertz CT molecular complexity index is 626. The standard InChI is InChI=1S/C17H20N2O4/c20-15-2-1-8-19(15)14-5-3-12(4-6-14)10-16(21)18-9-7-13(11-18)17(22)23/h3-6,13H,1-2,7-11H2,(H,22,23). The lowest BCUT2D eigenvalue weighted by Gasteiger charge is -2.17. The number of rotatable bonds is 4. The summed E-state index contributed by atoms with van der Waals surface area (Å²) in [4.78, 5) is 38.3. The van der Waals surface area contributed by atoms with Gasteiger partial charge >= 0.3 is 5.97 Å². The zero-order chi connectivity index (χ0) is 16.4. The van der Waals surface area contributed by atoms with Gasteiger partial charge in [-0.05, 0) is 30.5 Å². The Morgan fingerprint density at radius 2 is 1.91 bits per heavy atom. The van der Waals surface area contributed by atoms with E-state index in [-0.39, 0.29) is 18.2 Å². The van der Waals surface area contributed by atoms with Crippen LogP contribution in [0.1, 0.15) is 24.8 Å². The minimum Gasteiger partial charge on any atom is -0.481 e. The number of anilines is 1. The molecule has 1 aromatic rings. The molecule has 0 aliphatic carbocycles. The number of hydrogen-bond acceptors (Lipinski definition) is 3. The minimum absolute atomic E-state index is 0.0428. The molecule has 2 aliphatic heterocycles. The maximum atomic E-state index is 12.2. The van der Waals surface area contributed by atoms with E-state index in [0.29, 0.717) is 25.9 Å². The summed E-state index contributed by atoms with van der Waals surface area (Å²) < 4.78 is 0. The van der Waals surface area contributed by atoms with E-state index >= 15 is 0 Å². The van der Waals surface area contributed by atoms with Crippen LogP contribution in [0, 0.1) is 5.92 Å². The van der Waals surface area contributed by atoms with Crippen molar-refractivity contribution < 1.29 is 19.5 Å². The summed E-state index contributed by atoms with van der Waals surface area (Å²) in [5, 5.41) is 8.99. The van der Waals surface area contributed by atoms with Crippen LogP contribution >= 0.6 is 0 Å². The van der Waals surface area contributed by atoms with Crippen molar-refractivity contribution in [1.82, 2.24) is 4.90 Å². The van der Waals surface area contributed by atoms with Crippen LogP contribution in [0.25, 0.3) is 0 Å². The van der Waals surface area contributed by atoms with Crippen molar-refractivity contribution >= 4 is 23.5 Å². The van der Waals surface area contributed by atoms with Crippen molar-refractivity contribution in [2.45, 2.75) is 25.7 Å². The number of amides is 2. The number of carbonyl (C=O) groups is 3. The number of carboxylic acids is 1. The third-order valence-corrected chi connectivity index (χ3v) is 4.57. The van der Waals surface area contributed by atoms with Crippen molar-refractivity contribution in [3.63, 3.8) is 0 Å². The smallest absolute Gasteiger partial charge is 0.308 e. The molecule has 23 heavy (non-hydrogen) atoms. The molecule has 0 aromatic heterocycles. The Morgan fingerprint density at radius 3 is 2.48 bits per heavy atom. The predicted molar refractivity (Wildman–Crippen MR) is 84.1 cm³/mol. The first-order valence-corrected chi connectivity index (χ1v) is 7.94. The Kier molecular flexibility index (Phi) is 4.32. The quantitative estimate of drug-likeness (QED) is 0.908. The molecule has 1 N–H and O–H groups in total. The molecule has 2 aliphatic rings. The molecule has 0 bridgehead atoms. The van der Waals surface area contributed by atoms with Gasteiger partial charge in [0.1, 0.15) is 0 Å². The number of carboxylic acid groups (broad SMARTS) is 1. The van der Waals surface area contributed by atoms with Gasteiger partial charge in [-0.1, -0.05) is 12.1 Å². The van der Waals surface area contributed by atoms with E-state index in [1.54, 1.807) is 9.80 Å². The van der Waals surface area contributed by atoms with Crippen LogP contribution in [0.3, 0.4) is 0 Å². The van der Waals surface area contributed by atoms with E-state index in [2.05, 4.69) is 0 Å². The van der Waals surface area contributed by atoms with Gasteiger partial charge in [0.2, 0.25) is 11.8 Å². The molecule has 0 radical (unpaired) electrons. The fraction of sp³-hybridized carbons (Fsp3) is 0.471. The summed E-state index contributed by atoms with van der Waals surface area (Å²) in [6.45, 7) is 1.56. The maximum absolute atomic E-state index is 12.2. The first-order chi connectivity index (χ1) is 11.0. The third kappa shape index (κ3) is 3.36. The highest BCUT2D eigenvalue weighted by Gasteiger charge is 2.30. The zero-order valence-electron chi connectivity index (χ0n) is 12.9. The third-order valence-electron chi connectivity index (χ3n) is 4.57. The van der Waals surface area contributed by atoms with Gasteiger partial charge in [-0.15, -0.1) is 0 Å². The van der Waals surface area contributed by atoms with Gasteiger partial charge < -0.3 is 14.9 Å². The highest BCUT2D eigenvalue weighted by molar-refractivity contribution is 5.95. The first kappa shape index (κ1) is 15.5. The van der Waals surface area contributed by atoms with Gasteiger partial charge in [-0.3, -0.25) is 14.4 Å². The second kappa shape index (κ2) is 6.40. The monoisotopic (exact) mass is 316 g/mol. The van der Waals surface area contributed by atoms with Gasteiger partial charge in [0, 0.05) is 31.7 Å². The number of likely N-dealkylation sites (tertiary alicyclic amines) is 1. The summed E-state index contributed by atoms with van der Waals surface area (Å²) in [6.07, 6.45) is 2.27. The van der Waals surface area contributed by atoms with Crippen LogP contribution in [-0.4, -0.2) is 47.4 Å². The summed E-state index contributed by atoms with van der Waals surface area (Å²) in [7, 11) is 0. The summed E-state index contributed by atoms with van der Waals surface area (Å²) >= 11 is 0. The molecule has 2 fully saturated rings. The van der Waals surface area contributed by atoms with Crippen LogP contribution in [0.2, 0.25) is 0 Å². The molecule has 0 spiro atoms. The summed E-state index contributed by atoms with van der Waals surface area (Å²) in [6, 6.07) is 7.47. The second-order valence-electron chi connectivity index (χ2n) is 6.16. The second-order valence-corrected chi connectivity index (χ2v) is 6.16. The molecule has 1 atom stereocenters. The minimum atomic E-state index is -0.833. The van der Waals surface area contributed by atoms with E-state index in [9.17, 15) is 14.4 Å². The normalized spacial score (nSPS) is 21.0. The fourth-order valence-corrected chi connectivity index (χ4v) is 3.19. The van der Waals surface area contributed by atoms with Crippen LogP contribution < -0.4 is 4.90 Å². The van der Waals surface area contributed by atoms with Gasteiger partial charge in [0.25, 0.3) is 0 Å². The highest BCUT2D eigenvalue weighted by Crippen LogP contribution is 2.22. The molecule has 6 heteroatoms. The molecule has 0 saturated carbocycles. The SMILES string of the molecule is O=C(O)C1CCN(C(=O)Cc2ccc(N3CCCC3=O)cc2)C1. The fourth-order valence-electron chi connectivity index (χ4n) is 3.19. The van der Waals surface area contributed by atoms with Gasteiger partial charge in [0.05, 0.1) is 12.3 Å². The topological polar surface area (TPSA) is 77.9 Å². The van der Waals surface area contributed by atoms with E-state index in [1.807, 2.05) is 24.3 Å². The van der Waals surface area contributed by atoms with E-state index in [0.717, 1.165) is 24.2 Å². The molecule has 122 valence electrons. The number of nitrogens with zero attached hydrogens (tertiary/aromatic N) is 2. The largest absolute Gasteiger partial charge is 0.481 e. The van der Waals surface area contributed by atoms with E-state index < -0.39 is 11.9 Å². The number of hydrogen-bond donors (Lipinski definition) is 1. The lowest BCUT2D eigenvalue weighted by Crippen LogP contribution is -2.31. The highest BCUT2D eigenvalue weighted by atomic mass is 16.4. The lowest BCUT2D eigenvalue weighted by atomic mass is 10.1. The molecule has 3 rings (SSSR count). The molecule has 2 amide bonds. The molecule has 1 unspecified atom stereocenters. The molecule has 2 heterocycles. The number of carbonyl (C=O) groups excluding carboxylic acids is 2. The molecular weight excluding hydrogens is 296 g/mol. The van der Waals surface area contributed by atoms with Crippen LogP contribution in [-0.2, 0) is 20.8 Å². The van der Waals surface area contributed by atoms with Gasteiger partial charge in [0.15, 0.2) is 0 Å². The Hall–Kier alpha value is -2.37. The average Bonchev–Trinajstić information content (AvgIpc) is 3.17. The molecular formula is C17H20N2O4. The Balaban J connectivity index is 1.59. The number of aliphatic carboxylic acids is 1. The number of benzene rings is 1. The maximum Gasteiger partial charge on any atom is 0.308 e. The summed E-state index contributed by atoms with van der Waals surface area (Å²) in [5.41, 5.74) is 1.75. The molecule has 2 saturated heterocycles. The van der Waals surface area contributed by atoms with Crippen molar-refractivity contribution in [1.29, 1.82) is 0 Å². The summed E-state index contributed by atoms with van der Waals surface area (Å²) in [5.74, 6) is -1.17. The first-order valence-electron chi connectivity index (χ1n) is 7.94. The van der Waals surface area contributed by atoms with Crippen LogP contribution in [0.15, 0.2) is 24.3 Å². The average molecular weight is 316 g/mol. The molecule has 1 aromatic carbocycles. The van der Waals surface area contributed by atoms with Crippen molar-refractivity contribution in [3.05, 3.63) is 29.8 Å². The van der Waals surface area contributed by atoms with Gasteiger partial charge in [-0.25, -0.2) is 0 Å².